The normalized spacial score (nSPS) is 12.2. The van der Waals surface area contributed by atoms with Crippen LogP contribution in [0.3, 0.4) is 0 Å². The molecular formula is C28H35ClFN7O5. The SMILES string of the molecule is CN(C(=O)NCc1cccc(F)c1Cl)[C@@H](CCCN=C(N)NC(CO)CO)COC(=O)Nc1cc2ccccc2cn1. The highest BCUT2D eigenvalue weighted by Crippen LogP contribution is 2.20. The average Bonchev–Trinajstić information content (AvgIpc) is 2.99. The van der Waals surface area contributed by atoms with Gasteiger partial charge in [0.25, 0.3) is 0 Å². The summed E-state index contributed by atoms with van der Waals surface area (Å²) >= 11 is 6.00. The summed E-state index contributed by atoms with van der Waals surface area (Å²) in [5.74, 6) is -0.223. The van der Waals surface area contributed by atoms with E-state index >= 15 is 0 Å². The summed E-state index contributed by atoms with van der Waals surface area (Å²) in [6.45, 7) is -0.517. The van der Waals surface area contributed by atoms with Gasteiger partial charge in [0.05, 0.1) is 30.3 Å². The molecule has 0 unspecified atom stereocenters. The summed E-state index contributed by atoms with van der Waals surface area (Å²) in [5, 5.41) is 28.1. The number of carbonyl (C=O) groups is 2. The maximum atomic E-state index is 13.8. The minimum atomic E-state index is -0.742. The molecule has 1 atom stereocenters. The lowest BCUT2D eigenvalue weighted by Gasteiger charge is -2.28. The predicted octanol–water partition coefficient (Wildman–Crippen LogP) is 2.82. The second kappa shape index (κ2) is 16.3. The minimum Gasteiger partial charge on any atom is -0.447 e. The van der Waals surface area contributed by atoms with Crippen molar-refractivity contribution >= 4 is 46.3 Å². The predicted molar refractivity (Wildman–Crippen MR) is 159 cm³/mol. The van der Waals surface area contributed by atoms with Gasteiger partial charge in [-0.25, -0.2) is 19.0 Å². The Morgan fingerprint density at radius 1 is 1.17 bits per heavy atom. The highest BCUT2D eigenvalue weighted by atomic mass is 35.5. The van der Waals surface area contributed by atoms with Crippen molar-refractivity contribution in [2.45, 2.75) is 31.5 Å². The molecule has 2 aromatic carbocycles. The number of halogens is 2. The van der Waals surface area contributed by atoms with Gasteiger partial charge in [0.2, 0.25) is 0 Å². The molecule has 0 aliphatic carbocycles. The molecule has 0 aliphatic heterocycles. The van der Waals surface area contributed by atoms with Crippen molar-refractivity contribution in [1.82, 2.24) is 20.5 Å². The Labute approximate surface area is 247 Å². The Morgan fingerprint density at radius 3 is 2.64 bits per heavy atom. The first-order chi connectivity index (χ1) is 20.2. The zero-order valence-corrected chi connectivity index (χ0v) is 23.9. The van der Waals surface area contributed by atoms with Crippen molar-refractivity contribution in [3.63, 3.8) is 0 Å². The fourth-order valence-electron chi connectivity index (χ4n) is 3.93. The molecule has 3 amide bonds. The number of nitrogens with one attached hydrogen (secondary N) is 3. The van der Waals surface area contributed by atoms with Gasteiger partial charge in [-0.2, -0.15) is 0 Å². The number of aliphatic imine (C=N–C) groups is 1. The van der Waals surface area contributed by atoms with Crippen molar-refractivity contribution in [2.24, 2.45) is 10.7 Å². The van der Waals surface area contributed by atoms with Gasteiger partial charge < -0.3 is 36.2 Å². The lowest BCUT2D eigenvalue weighted by atomic mass is 10.1. The minimum absolute atomic E-state index is 0.00909. The molecule has 0 fully saturated rings. The third-order valence-corrected chi connectivity index (χ3v) is 6.79. The number of anilines is 1. The number of aliphatic hydroxyl groups excluding tert-OH is 2. The highest BCUT2D eigenvalue weighted by molar-refractivity contribution is 6.31. The van der Waals surface area contributed by atoms with Crippen LogP contribution in [-0.2, 0) is 11.3 Å². The number of benzene rings is 2. The molecule has 14 heteroatoms. The van der Waals surface area contributed by atoms with E-state index in [1.807, 2.05) is 24.3 Å². The lowest BCUT2D eigenvalue weighted by molar-refractivity contribution is 0.113. The van der Waals surface area contributed by atoms with Gasteiger partial charge in [-0.15, -0.1) is 0 Å². The van der Waals surface area contributed by atoms with Gasteiger partial charge in [-0.3, -0.25) is 10.3 Å². The third-order valence-electron chi connectivity index (χ3n) is 6.37. The molecule has 1 aromatic heterocycles. The summed E-state index contributed by atoms with van der Waals surface area (Å²) in [5.41, 5.74) is 6.21. The van der Waals surface area contributed by atoms with Crippen LogP contribution in [0.2, 0.25) is 5.02 Å². The molecular weight excluding hydrogens is 569 g/mol. The van der Waals surface area contributed by atoms with E-state index in [-0.39, 0.29) is 43.9 Å². The zero-order chi connectivity index (χ0) is 30.5. The van der Waals surface area contributed by atoms with Crippen LogP contribution in [0.4, 0.5) is 19.8 Å². The quantitative estimate of drug-likeness (QED) is 0.0982. The number of likely N-dealkylation sites (N-methyl/N-ethyl adjacent to an activating group) is 1. The van der Waals surface area contributed by atoms with Crippen molar-refractivity contribution in [3.05, 3.63) is 71.1 Å². The van der Waals surface area contributed by atoms with Gasteiger partial charge in [-0.1, -0.05) is 48.0 Å². The number of amides is 3. The lowest BCUT2D eigenvalue weighted by Crippen LogP contribution is -2.46. The van der Waals surface area contributed by atoms with Crippen LogP contribution in [0.1, 0.15) is 18.4 Å². The number of urea groups is 1. The maximum Gasteiger partial charge on any atom is 0.412 e. The zero-order valence-electron chi connectivity index (χ0n) is 23.1. The van der Waals surface area contributed by atoms with E-state index in [2.05, 4.69) is 25.9 Å². The number of fused-ring (bicyclic) bond motifs is 1. The largest absolute Gasteiger partial charge is 0.447 e. The Kier molecular flexibility index (Phi) is 12.5. The number of carbonyl (C=O) groups excluding carboxylic acids is 2. The van der Waals surface area contributed by atoms with Crippen LogP contribution in [0.25, 0.3) is 10.8 Å². The number of guanidine groups is 1. The van der Waals surface area contributed by atoms with Crippen LogP contribution in [-0.4, -0.2) is 83.7 Å². The average molecular weight is 604 g/mol. The van der Waals surface area contributed by atoms with Gasteiger partial charge >= 0.3 is 12.1 Å². The standard InChI is InChI=1S/C28H35ClFN7O5/c1-37(27(40)34-14-20-8-4-10-23(30)25(20)29)22(9-5-11-32-26(31)35-21(15-38)16-39)17-42-28(41)36-24-12-18-6-2-3-7-19(18)13-33-24/h2-4,6-8,10,12-13,21-22,38-39H,5,9,11,14-17H2,1H3,(H,34,40)(H3,31,32,35)(H,33,36,41)/t22-/m0/s1. The first kappa shape index (κ1) is 32.3. The summed E-state index contributed by atoms with van der Waals surface area (Å²) < 4.78 is 19.2. The molecule has 3 rings (SSSR count). The van der Waals surface area contributed by atoms with Crippen LogP contribution in [0.15, 0.2) is 59.7 Å². The summed E-state index contributed by atoms with van der Waals surface area (Å²) in [4.78, 5) is 35.3. The summed E-state index contributed by atoms with van der Waals surface area (Å²) in [6, 6.07) is 11.9. The molecule has 42 heavy (non-hydrogen) atoms. The number of pyridine rings is 1. The first-order valence-electron chi connectivity index (χ1n) is 13.2. The molecule has 0 saturated carbocycles. The molecule has 0 aliphatic rings. The summed E-state index contributed by atoms with van der Waals surface area (Å²) in [7, 11) is 1.55. The van der Waals surface area contributed by atoms with Gasteiger partial charge in [0.15, 0.2) is 5.96 Å². The van der Waals surface area contributed by atoms with E-state index in [0.29, 0.717) is 24.2 Å². The van der Waals surface area contributed by atoms with Crippen LogP contribution in [0, 0.1) is 5.82 Å². The number of hydrogen-bond acceptors (Lipinski definition) is 7. The smallest absolute Gasteiger partial charge is 0.412 e. The molecule has 0 saturated heterocycles. The van der Waals surface area contributed by atoms with Crippen LogP contribution in [0.5, 0.6) is 0 Å². The Hall–Kier alpha value is -4.20. The van der Waals surface area contributed by atoms with Gasteiger partial charge in [0.1, 0.15) is 18.2 Å². The number of rotatable bonds is 13. The fraction of sp³-hybridized carbons (Fsp3) is 0.357. The number of ether oxygens (including phenoxy) is 1. The molecule has 0 radical (unpaired) electrons. The molecule has 3 aromatic rings. The third kappa shape index (κ3) is 9.72. The van der Waals surface area contributed by atoms with E-state index in [1.165, 1.54) is 17.0 Å². The number of nitrogens with zero attached hydrogens (tertiary/aromatic N) is 3. The van der Waals surface area contributed by atoms with Crippen LogP contribution >= 0.6 is 11.6 Å². The number of aromatic nitrogens is 1. The maximum absolute atomic E-state index is 13.8. The van der Waals surface area contributed by atoms with Crippen molar-refractivity contribution < 1.29 is 28.9 Å². The van der Waals surface area contributed by atoms with E-state index in [0.717, 1.165) is 10.8 Å². The topological polar surface area (TPSA) is 174 Å². The molecule has 12 nitrogen and oxygen atoms in total. The van der Waals surface area contributed by atoms with E-state index < -0.39 is 30.0 Å². The first-order valence-corrected chi connectivity index (χ1v) is 13.6. The van der Waals surface area contributed by atoms with Gasteiger partial charge in [-0.05, 0) is 35.9 Å². The number of aliphatic hydroxyl groups is 2. The number of hydrogen-bond donors (Lipinski definition) is 6. The van der Waals surface area contributed by atoms with Crippen molar-refractivity contribution in [1.29, 1.82) is 0 Å². The Bertz CT molecular complexity index is 1380. The Balaban J connectivity index is 1.61. The number of nitrogens with two attached hydrogens (primary N) is 1. The van der Waals surface area contributed by atoms with Crippen molar-refractivity contribution in [2.75, 3.05) is 38.7 Å². The highest BCUT2D eigenvalue weighted by Gasteiger charge is 2.22. The van der Waals surface area contributed by atoms with E-state index in [1.54, 1.807) is 25.4 Å². The second-order valence-corrected chi connectivity index (χ2v) is 9.77. The van der Waals surface area contributed by atoms with E-state index in [9.17, 15) is 14.0 Å². The van der Waals surface area contributed by atoms with Crippen LogP contribution < -0.4 is 21.7 Å². The molecule has 226 valence electrons. The van der Waals surface area contributed by atoms with Gasteiger partial charge in [0, 0.05) is 31.7 Å². The fourth-order valence-corrected chi connectivity index (χ4v) is 4.12. The van der Waals surface area contributed by atoms with Crippen molar-refractivity contribution in [3.8, 4) is 0 Å². The second-order valence-electron chi connectivity index (χ2n) is 9.39. The monoisotopic (exact) mass is 603 g/mol. The van der Waals surface area contributed by atoms with E-state index in [4.69, 9.17) is 32.3 Å². The molecule has 1 heterocycles. The Morgan fingerprint density at radius 2 is 1.90 bits per heavy atom. The summed E-state index contributed by atoms with van der Waals surface area (Å²) in [6.07, 6.45) is 1.74. The molecule has 0 bridgehead atoms. The molecule has 0 spiro atoms. The molecule has 7 N–H and O–H groups in total.